The van der Waals surface area contributed by atoms with Crippen LogP contribution >= 0.6 is 11.6 Å². The maximum atomic E-state index is 13.5. The van der Waals surface area contributed by atoms with Crippen molar-refractivity contribution < 1.29 is 22.7 Å². The summed E-state index contributed by atoms with van der Waals surface area (Å²) in [7, 11) is -2.66. The first-order valence-corrected chi connectivity index (χ1v) is 12.4. The maximum absolute atomic E-state index is 13.5. The van der Waals surface area contributed by atoms with E-state index in [4.69, 9.17) is 21.1 Å². The molecule has 0 fully saturated rings. The molecule has 0 saturated carbocycles. The molecule has 0 radical (unpaired) electrons. The molecular formula is C25H27ClN2O5S. The van der Waals surface area contributed by atoms with Gasteiger partial charge in [-0.05, 0) is 42.8 Å². The highest BCUT2D eigenvalue weighted by atomic mass is 35.5. The van der Waals surface area contributed by atoms with Gasteiger partial charge >= 0.3 is 0 Å². The Balaban J connectivity index is 1.74. The van der Waals surface area contributed by atoms with Gasteiger partial charge in [-0.1, -0.05) is 59.6 Å². The standard InChI is InChI=1S/C25H27ClN2O5S/c1-19-8-11-22(12-9-19)34(30,31)28(23-16-21(26)10-13-24(23)32-2)17-25(29)27-14-15-33-18-20-6-4-3-5-7-20/h3-13,16H,14-15,17-18H2,1-2H3,(H,27,29). The second-order valence-corrected chi connectivity index (χ2v) is 9.83. The number of nitrogens with one attached hydrogen (secondary N) is 1. The molecule has 0 heterocycles. The van der Waals surface area contributed by atoms with E-state index < -0.39 is 22.5 Å². The van der Waals surface area contributed by atoms with Gasteiger partial charge in [-0.15, -0.1) is 0 Å². The van der Waals surface area contributed by atoms with Crippen molar-refractivity contribution in [1.82, 2.24) is 5.32 Å². The number of halogens is 1. The molecule has 0 atom stereocenters. The fourth-order valence-corrected chi connectivity index (χ4v) is 4.80. The molecule has 0 aliphatic rings. The fourth-order valence-electron chi connectivity index (χ4n) is 3.21. The zero-order valence-electron chi connectivity index (χ0n) is 19.0. The lowest BCUT2D eigenvalue weighted by atomic mass is 10.2. The van der Waals surface area contributed by atoms with Gasteiger partial charge < -0.3 is 14.8 Å². The largest absolute Gasteiger partial charge is 0.495 e. The summed E-state index contributed by atoms with van der Waals surface area (Å²) in [6.45, 7) is 2.35. The van der Waals surface area contributed by atoms with Crippen molar-refractivity contribution >= 4 is 33.2 Å². The first kappa shape index (κ1) is 25.6. The maximum Gasteiger partial charge on any atom is 0.264 e. The van der Waals surface area contributed by atoms with Crippen LogP contribution < -0.4 is 14.4 Å². The molecular weight excluding hydrogens is 476 g/mol. The third kappa shape index (κ3) is 6.72. The van der Waals surface area contributed by atoms with Gasteiger partial charge in [-0.3, -0.25) is 9.10 Å². The van der Waals surface area contributed by atoms with E-state index in [2.05, 4.69) is 5.32 Å². The number of amides is 1. The normalized spacial score (nSPS) is 11.1. The second kappa shape index (κ2) is 11.9. The van der Waals surface area contributed by atoms with Crippen molar-refractivity contribution in [3.63, 3.8) is 0 Å². The zero-order chi connectivity index (χ0) is 24.6. The number of methoxy groups -OCH3 is 1. The third-order valence-electron chi connectivity index (χ3n) is 4.99. The molecule has 1 amide bonds. The van der Waals surface area contributed by atoms with E-state index in [-0.39, 0.29) is 29.5 Å². The minimum atomic E-state index is -4.08. The third-order valence-corrected chi connectivity index (χ3v) is 6.99. The van der Waals surface area contributed by atoms with E-state index >= 15 is 0 Å². The van der Waals surface area contributed by atoms with Crippen molar-refractivity contribution in [2.45, 2.75) is 18.4 Å². The zero-order valence-corrected chi connectivity index (χ0v) is 20.6. The van der Waals surface area contributed by atoms with Crippen LogP contribution in [-0.4, -0.2) is 41.1 Å². The summed E-state index contributed by atoms with van der Waals surface area (Å²) in [5.74, 6) is -0.208. The molecule has 0 aromatic heterocycles. The van der Waals surface area contributed by atoms with Gasteiger partial charge in [-0.2, -0.15) is 0 Å². The van der Waals surface area contributed by atoms with Gasteiger partial charge in [0.15, 0.2) is 0 Å². The SMILES string of the molecule is COc1ccc(Cl)cc1N(CC(=O)NCCOCc1ccccc1)S(=O)(=O)c1ccc(C)cc1. The lowest BCUT2D eigenvalue weighted by Gasteiger charge is -2.26. The van der Waals surface area contributed by atoms with Crippen molar-refractivity contribution in [3.05, 3.63) is 88.9 Å². The first-order valence-electron chi connectivity index (χ1n) is 10.6. The Bertz CT molecular complexity index is 1200. The molecule has 0 aliphatic carbocycles. The number of rotatable bonds is 11. The Morgan fingerprint density at radius 3 is 2.41 bits per heavy atom. The summed E-state index contributed by atoms with van der Waals surface area (Å²) >= 11 is 6.15. The lowest BCUT2D eigenvalue weighted by Crippen LogP contribution is -2.41. The summed E-state index contributed by atoms with van der Waals surface area (Å²) < 4.78 is 39.0. The summed E-state index contributed by atoms with van der Waals surface area (Å²) in [4.78, 5) is 12.8. The van der Waals surface area contributed by atoms with Crippen LogP contribution in [0.25, 0.3) is 0 Å². The predicted octanol–water partition coefficient (Wildman–Crippen LogP) is 4.19. The summed E-state index contributed by atoms with van der Waals surface area (Å²) in [6, 6.07) is 20.7. The first-order chi connectivity index (χ1) is 16.3. The van der Waals surface area contributed by atoms with Crippen molar-refractivity contribution in [2.24, 2.45) is 0 Å². The summed E-state index contributed by atoms with van der Waals surface area (Å²) in [6.07, 6.45) is 0. The Morgan fingerprint density at radius 1 is 1.03 bits per heavy atom. The number of carbonyl (C=O) groups is 1. The molecule has 7 nitrogen and oxygen atoms in total. The minimum absolute atomic E-state index is 0.0547. The van der Waals surface area contributed by atoms with Gasteiger partial charge in [0.25, 0.3) is 10.0 Å². The van der Waals surface area contributed by atoms with Crippen molar-refractivity contribution in [1.29, 1.82) is 0 Å². The van der Waals surface area contributed by atoms with Crippen LogP contribution in [0.15, 0.2) is 77.7 Å². The minimum Gasteiger partial charge on any atom is -0.495 e. The van der Waals surface area contributed by atoms with Gasteiger partial charge in [0.2, 0.25) is 5.91 Å². The molecule has 3 aromatic carbocycles. The van der Waals surface area contributed by atoms with Crippen LogP contribution in [0.4, 0.5) is 5.69 Å². The van der Waals surface area contributed by atoms with Gasteiger partial charge in [-0.25, -0.2) is 8.42 Å². The Labute approximate surface area is 205 Å². The van der Waals surface area contributed by atoms with Crippen LogP contribution in [0, 0.1) is 6.92 Å². The number of nitrogens with zero attached hydrogens (tertiary/aromatic N) is 1. The highest BCUT2D eigenvalue weighted by Gasteiger charge is 2.29. The average Bonchev–Trinajstić information content (AvgIpc) is 2.83. The molecule has 0 bridgehead atoms. The van der Waals surface area contributed by atoms with Gasteiger partial charge in [0, 0.05) is 11.6 Å². The molecule has 180 valence electrons. The van der Waals surface area contributed by atoms with Crippen LogP contribution in [0.3, 0.4) is 0 Å². The van der Waals surface area contributed by atoms with E-state index in [1.807, 2.05) is 37.3 Å². The van der Waals surface area contributed by atoms with E-state index in [0.29, 0.717) is 11.6 Å². The number of benzene rings is 3. The number of sulfonamides is 1. The van der Waals surface area contributed by atoms with E-state index in [1.54, 1.807) is 24.3 Å². The summed E-state index contributed by atoms with van der Waals surface area (Å²) in [5.41, 5.74) is 2.11. The number of carbonyl (C=O) groups excluding carboxylic acids is 1. The average molecular weight is 503 g/mol. The van der Waals surface area contributed by atoms with Crippen molar-refractivity contribution in [2.75, 3.05) is 31.1 Å². The van der Waals surface area contributed by atoms with Gasteiger partial charge in [0.05, 0.1) is 30.9 Å². The fraction of sp³-hybridized carbons (Fsp3) is 0.240. The molecule has 0 unspecified atom stereocenters. The Morgan fingerprint density at radius 2 is 1.74 bits per heavy atom. The quantitative estimate of drug-likeness (QED) is 0.397. The molecule has 1 N–H and O–H groups in total. The van der Waals surface area contributed by atoms with E-state index in [0.717, 1.165) is 15.4 Å². The van der Waals surface area contributed by atoms with Crippen molar-refractivity contribution in [3.8, 4) is 5.75 Å². The highest BCUT2D eigenvalue weighted by Crippen LogP contribution is 2.34. The number of aryl methyl sites for hydroxylation is 1. The van der Waals surface area contributed by atoms with Crippen LogP contribution in [-0.2, 0) is 26.2 Å². The van der Waals surface area contributed by atoms with E-state index in [9.17, 15) is 13.2 Å². The Kier molecular flexibility index (Phi) is 8.92. The lowest BCUT2D eigenvalue weighted by molar-refractivity contribution is -0.119. The number of anilines is 1. The second-order valence-electron chi connectivity index (χ2n) is 7.53. The molecule has 0 spiro atoms. The number of hydrogen-bond acceptors (Lipinski definition) is 5. The monoisotopic (exact) mass is 502 g/mol. The molecule has 9 heteroatoms. The number of hydrogen-bond donors (Lipinski definition) is 1. The van der Waals surface area contributed by atoms with Crippen LogP contribution in [0.1, 0.15) is 11.1 Å². The molecule has 3 rings (SSSR count). The summed E-state index contributed by atoms with van der Waals surface area (Å²) in [5, 5.41) is 3.02. The van der Waals surface area contributed by atoms with Crippen LogP contribution in [0.2, 0.25) is 5.02 Å². The van der Waals surface area contributed by atoms with Gasteiger partial charge in [0.1, 0.15) is 12.3 Å². The smallest absolute Gasteiger partial charge is 0.264 e. The predicted molar refractivity (Wildman–Crippen MR) is 133 cm³/mol. The van der Waals surface area contributed by atoms with Crippen LogP contribution in [0.5, 0.6) is 5.75 Å². The molecule has 34 heavy (non-hydrogen) atoms. The molecule has 0 saturated heterocycles. The molecule has 3 aromatic rings. The number of ether oxygens (including phenoxy) is 2. The topological polar surface area (TPSA) is 84.9 Å². The van der Waals surface area contributed by atoms with E-state index in [1.165, 1.54) is 25.3 Å². The highest BCUT2D eigenvalue weighted by molar-refractivity contribution is 7.92. The molecule has 0 aliphatic heterocycles. The Hall–Kier alpha value is -3.07.